The summed E-state index contributed by atoms with van der Waals surface area (Å²) in [7, 11) is 0. The van der Waals surface area contributed by atoms with Gasteiger partial charge in [0.25, 0.3) is 5.91 Å². The number of rotatable bonds is 3. The van der Waals surface area contributed by atoms with Crippen LogP contribution < -0.4 is 0 Å². The van der Waals surface area contributed by atoms with Crippen LogP contribution in [0.3, 0.4) is 0 Å². The van der Waals surface area contributed by atoms with E-state index in [1.165, 1.54) is 15.8 Å². The molecule has 1 aliphatic heterocycles. The second-order valence-corrected chi connectivity index (χ2v) is 7.66. The lowest BCUT2D eigenvalue weighted by molar-refractivity contribution is -0.134. The first kappa shape index (κ1) is 17.1. The molecule has 26 heavy (non-hydrogen) atoms. The van der Waals surface area contributed by atoms with Gasteiger partial charge in [-0.2, -0.15) is 0 Å². The van der Waals surface area contributed by atoms with Crippen molar-refractivity contribution in [3.63, 3.8) is 0 Å². The van der Waals surface area contributed by atoms with E-state index in [1.807, 2.05) is 11.4 Å². The molecule has 2 aliphatic rings. The predicted molar refractivity (Wildman–Crippen MR) is 94.0 cm³/mol. The Labute approximate surface area is 154 Å². The van der Waals surface area contributed by atoms with E-state index in [0.717, 1.165) is 18.6 Å². The Hall–Kier alpha value is -2.28. The molecule has 136 valence electrons. The number of hydrogen-bond donors (Lipinski definition) is 0. The summed E-state index contributed by atoms with van der Waals surface area (Å²) in [6.07, 6.45) is 0.874. The summed E-state index contributed by atoms with van der Waals surface area (Å²) < 4.78 is 27.6. The van der Waals surface area contributed by atoms with Crippen LogP contribution in [0.15, 0.2) is 35.7 Å². The highest BCUT2D eigenvalue weighted by Crippen LogP contribution is 2.50. The van der Waals surface area contributed by atoms with Gasteiger partial charge in [-0.15, -0.1) is 11.3 Å². The van der Waals surface area contributed by atoms with Crippen molar-refractivity contribution in [3.05, 3.63) is 57.8 Å². The van der Waals surface area contributed by atoms with Gasteiger partial charge >= 0.3 is 0 Å². The fourth-order valence-electron chi connectivity index (χ4n) is 3.51. The molecule has 1 aromatic carbocycles. The highest BCUT2D eigenvalue weighted by atomic mass is 32.1. The van der Waals surface area contributed by atoms with Gasteiger partial charge in [-0.05, 0) is 30.0 Å². The number of carbonyl (C=O) groups excluding carboxylic acids is 2. The zero-order valence-corrected chi connectivity index (χ0v) is 14.8. The number of carbonyl (C=O) groups is 2. The van der Waals surface area contributed by atoms with Crippen LogP contribution in [0.1, 0.15) is 27.6 Å². The molecule has 2 aromatic rings. The minimum Gasteiger partial charge on any atom is -0.339 e. The number of halogens is 2. The van der Waals surface area contributed by atoms with E-state index in [2.05, 4.69) is 6.07 Å². The van der Waals surface area contributed by atoms with Crippen LogP contribution in [0, 0.1) is 17.6 Å². The van der Waals surface area contributed by atoms with Gasteiger partial charge in [-0.25, -0.2) is 8.78 Å². The first-order valence-electron chi connectivity index (χ1n) is 8.61. The van der Waals surface area contributed by atoms with Crippen LogP contribution in [0.25, 0.3) is 0 Å². The van der Waals surface area contributed by atoms with Crippen molar-refractivity contribution in [1.29, 1.82) is 0 Å². The molecule has 1 saturated heterocycles. The molecule has 0 unspecified atom stereocenters. The smallest absolute Gasteiger partial charge is 0.259 e. The van der Waals surface area contributed by atoms with E-state index in [4.69, 9.17) is 0 Å². The maximum Gasteiger partial charge on any atom is 0.259 e. The Kier molecular flexibility index (Phi) is 4.48. The Balaban J connectivity index is 1.36. The zero-order valence-electron chi connectivity index (χ0n) is 14.0. The lowest BCUT2D eigenvalue weighted by Crippen LogP contribution is -2.51. The van der Waals surface area contributed by atoms with E-state index in [0.29, 0.717) is 19.0 Å². The lowest BCUT2D eigenvalue weighted by atomic mass is 10.1. The molecule has 1 aromatic heterocycles. The number of piperazine rings is 1. The van der Waals surface area contributed by atoms with Crippen LogP contribution in [0.4, 0.5) is 8.78 Å². The molecule has 2 amide bonds. The standard InChI is InChI=1S/C19H18F2N2O2S/c20-14-3-1-4-15(21)17(14)19(25)23-8-6-22(7-9-23)18(24)13-11-12(13)16-5-2-10-26-16/h1-5,10,12-13H,6-9,11H2/t12-,13+/m0/s1. The molecule has 2 fully saturated rings. The van der Waals surface area contributed by atoms with E-state index in [1.54, 1.807) is 16.2 Å². The SMILES string of the molecule is O=C(c1c(F)cccc1F)N1CCN(C(=O)[C@@H]2C[C@@H]2c2cccs2)CC1. The molecular weight excluding hydrogens is 358 g/mol. The molecule has 0 radical (unpaired) electrons. The summed E-state index contributed by atoms with van der Waals surface area (Å²) in [5.41, 5.74) is -0.521. The second-order valence-electron chi connectivity index (χ2n) is 6.68. The first-order chi connectivity index (χ1) is 12.6. The van der Waals surface area contributed by atoms with Gasteiger partial charge in [0.2, 0.25) is 5.91 Å². The summed E-state index contributed by atoms with van der Waals surface area (Å²) in [4.78, 5) is 29.5. The van der Waals surface area contributed by atoms with Crippen molar-refractivity contribution in [3.8, 4) is 0 Å². The van der Waals surface area contributed by atoms with E-state index in [9.17, 15) is 18.4 Å². The number of amides is 2. The van der Waals surface area contributed by atoms with Gasteiger partial charge in [-0.1, -0.05) is 12.1 Å². The van der Waals surface area contributed by atoms with E-state index >= 15 is 0 Å². The van der Waals surface area contributed by atoms with Gasteiger partial charge in [0.15, 0.2) is 0 Å². The zero-order chi connectivity index (χ0) is 18.3. The van der Waals surface area contributed by atoms with Gasteiger partial charge < -0.3 is 9.80 Å². The highest BCUT2D eigenvalue weighted by Gasteiger charge is 2.46. The summed E-state index contributed by atoms with van der Waals surface area (Å²) in [5.74, 6) is -1.91. The molecule has 2 atom stereocenters. The van der Waals surface area contributed by atoms with Crippen molar-refractivity contribution >= 4 is 23.2 Å². The van der Waals surface area contributed by atoms with Gasteiger partial charge in [0, 0.05) is 42.9 Å². The van der Waals surface area contributed by atoms with Gasteiger partial charge in [0.05, 0.1) is 0 Å². The van der Waals surface area contributed by atoms with Crippen molar-refractivity contribution in [2.75, 3.05) is 26.2 Å². The number of thiophene rings is 1. The summed E-state index contributed by atoms with van der Waals surface area (Å²) in [5, 5.41) is 2.02. The van der Waals surface area contributed by atoms with Crippen LogP contribution in [0.2, 0.25) is 0 Å². The summed E-state index contributed by atoms with van der Waals surface area (Å²) >= 11 is 1.67. The molecule has 4 nitrogen and oxygen atoms in total. The van der Waals surface area contributed by atoms with Crippen LogP contribution in [0.5, 0.6) is 0 Å². The fourth-order valence-corrected chi connectivity index (χ4v) is 4.42. The maximum absolute atomic E-state index is 13.8. The Morgan fingerprint density at radius 2 is 1.62 bits per heavy atom. The largest absolute Gasteiger partial charge is 0.339 e. The average Bonchev–Trinajstić information content (AvgIpc) is 3.25. The summed E-state index contributed by atoms with van der Waals surface area (Å²) in [6.45, 7) is 1.37. The molecule has 7 heteroatoms. The molecule has 1 saturated carbocycles. The Morgan fingerprint density at radius 3 is 2.23 bits per heavy atom. The minimum absolute atomic E-state index is 0.0277. The van der Waals surface area contributed by atoms with Gasteiger partial charge in [0.1, 0.15) is 17.2 Å². The Morgan fingerprint density at radius 1 is 0.962 bits per heavy atom. The number of benzene rings is 1. The third-order valence-corrected chi connectivity index (χ3v) is 6.08. The van der Waals surface area contributed by atoms with Crippen LogP contribution in [-0.4, -0.2) is 47.8 Å². The van der Waals surface area contributed by atoms with Crippen molar-refractivity contribution in [2.45, 2.75) is 12.3 Å². The monoisotopic (exact) mass is 376 g/mol. The summed E-state index contributed by atoms with van der Waals surface area (Å²) in [6, 6.07) is 7.44. The molecule has 0 bridgehead atoms. The van der Waals surface area contributed by atoms with E-state index in [-0.39, 0.29) is 24.9 Å². The molecule has 0 spiro atoms. The second kappa shape index (κ2) is 6.79. The molecule has 2 heterocycles. The van der Waals surface area contributed by atoms with Crippen LogP contribution >= 0.6 is 11.3 Å². The molecule has 1 aliphatic carbocycles. The number of nitrogens with zero attached hydrogens (tertiary/aromatic N) is 2. The topological polar surface area (TPSA) is 40.6 Å². The van der Waals surface area contributed by atoms with Gasteiger partial charge in [-0.3, -0.25) is 9.59 Å². The first-order valence-corrected chi connectivity index (χ1v) is 9.49. The molecule has 0 N–H and O–H groups in total. The molecule has 4 rings (SSSR count). The van der Waals surface area contributed by atoms with Crippen molar-refractivity contribution in [2.24, 2.45) is 5.92 Å². The average molecular weight is 376 g/mol. The normalized spacial score (nSPS) is 22.4. The fraction of sp³-hybridized carbons (Fsp3) is 0.368. The third-order valence-electron chi connectivity index (χ3n) is 5.07. The highest BCUT2D eigenvalue weighted by molar-refractivity contribution is 7.10. The lowest BCUT2D eigenvalue weighted by Gasteiger charge is -2.35. The third kappa shape index (κ3) is 3.11. The quantitative estimate of drug-likeness (QED) is 0.826. The number of hydrogen-bond acceptors (Lipinski definition) is 3. The maximum atomic E-state index is 13.8. The predicted octanol–water partition coefficient (Wildman–Crippen LogP) is 3.11. The Bertz CT molecular complexity index is 812. The minimum atomic E-state index is -0.856. The van der Waals surface area contributed by atoms with E-state index < -0.39 is 23.1 Å². The van der Waals surface area contributed by atoms with Crippen LogP contribution in [-0.2, 0) is 4.79 Å². The molecular formula is C19H18F2N2O2S. The van der Waals surface area contributed by atoms with Crippen molar-refractivity contribution < 1.29 is 18.4 Å². The van der Waals surface area contributed by atoms with Crippen molar-refractivity contribution in [1.82, 2.24) is 9.80 Å².